The number of rotatable bonds is 6. The average molecular weight is 480 g/mol. The van der Waals surface area contributed by atoms with Crippen LogP contribution in [0.2, 0.25) is 5.02 Å². The molecule has 4 rings (SSSR count). The van der Waals surface area contributed by atoms with Crippen molar-refractivity contribution >= 4 is 27.5 Å². The Balaban J connectivity index is 1.76. The Hall–Kier alpha value is -3.39. The number of primary sulfonamides is 1. The molecule has 4 aromatic rings. The molecule has 1 aromatic heterocycles. The van der Waals surface area contributed by atoms with E-state index in [0.717, 1.165) is 16.8 Å². The number of carbonyl (C=O) groups excluding carboxylic acids is 1. The third-order valence-electron chi connectivity index (χ3n) is 5.35. The zero-order valence-corrected chi connectivity index (χ0v) is 19.4. The fourth-order valence-electron chi connectivity index (χ4n) is 3.66. The van der Waals surface area contributed by atoms with Crippen LogP contribution in [0, 0.1) is 6.92 Å². The van der Waals surface area contributed by atoms with Crippen LogP contribution in [0.3, 0.4) is 0 Å². The molecule has 0 aliphatic carbocycles. The summed E-state index contributed by atoms with van der Waals surface area (Å²) >= 11 is 6.06. The lowest BCUT2D eigenvalue weighted by Crippen LogP contribution is -2.23. The molecule has 0 aliphatic rings. The largest absolute Gasteiger partial charge is 0.348 e. The number of nitrogens with one attached hydrogen (secondary N) is 1. The molecule has 0 unspecified atom stereocenters. The minimum Gasteiger partial charge on any atom is -0.348 e. The lowest BCUT2D eigenvalue weighted by atomic mass is 10.1. The summed E-state index contributed by atoms with van der Waals surface area (Å²) in [4.78, 5) is 13.1. The highest BCUT2D eigenvalue weighted by Gasteiger charge is 2.20. The Labute approximate surface area is 197 Å². The Kier molecular flexibility index (Phi) is 6.37. The highest BCUT2D eigenvalue weighted by atomic mass is 35.5. The predicted molar refractivity (Wildman–Crippen MR) is 130 cm³/mol. The van der Waals surface area contributed by atoms with E-state index in [2.05, 4.69) is 5.32 Å². The standard InChI is InChI=1S/C25H22ClN3O3S/c1-17-23(25(30)28-16-18-5-3-2-4-6-18)15-24(19-7-9-20(26)10-8-19)29(17)21-11-13-22(14-12-21)33(27,31)32/h2-15H,16H2,1H3,(H,28,30)(H2,27,31,32). The molecule has 168 valence electrons. The third-order valence-corrected chi connectivity index (χ3v) is 6.53. The summed E-state index contributed by atoms with van der Waals surface area (Å²) in [6.45, 7) is 2.26. The zero-order valence-electron chi connectivity index (χ0n) is 17.8. The van der Waals surface area contributed by atoms with E-state index in [1.54, 1.807) is 24.3 Å². The second kappa shape index (κ2) is 9.23. The van der Waals surface area contributed by atoms with Crippen molar-refractivity contribution in [1.82, 2.24) is 9.88 Å². The molecule has 3 aromatic carbocycles. The van der Waals surface area contributed by atoms with Crippen LogP contribution in [0.4, 0.5) is 0 Å². The van der Waals surface area contributed by atoms with Crippen LogP contribution < -0.4 is 10.5 Å². The minimum atomic E-state index is -3.81. The van der Waals surface area contributed by atoms with Crippen molar-refractivity contribution in [2.45, 2.75) is 18.4 Å². The van der Waals surface area contributed by atoms with Gasteiger partial charge in [0.15, 0.2) is 0 Å². The number of amides is 1. The molecule has 0 radical (unpaired) electrons. The summed E-state index contributed by atoms with van der Waals surface area (Å²) in [6, 6.07) is 25.0. The van der Waals surface area contributed by atoms with Gasteiger partial charge in [0, 0.05) is 22.9 Å². The van der Waals surface area contributed by atoms with Crippen molar-refractivity contribution < 1.29 is 13.2 Å². The maximum atomic E-state index is 13.1. The first-order valence-corrected chi connectivity index (χ1v) is 12.1. The molecule has 0 atom stereocenters. The summed E-state index contributed by atoms with van der Waals surface area (Å²) < 4.78 is 25.2. The number of hydrogen-bond acceptors (Lipinski definition) is 3. The third kappa shape index (κ3) is 5.01. The Morgan fingerprint density at radius 3 is 2.21 bits per heavy atom. The number of sulfonamides is 1. The van der Waals surface area contributed by atoms with Crippen LogP contribution >= 0.6 is 11.6 Å². The van der Waals surface area contributed by atoms with Crippen LogP contribution in [-0.4, -0.2) is 18.9 Å². The minimum absolute atomic E-state index is 0.0185. The van der Waals surface area contributed by atoms with Gasteiger partial charge in [0.1, 0.15) is 0 Å². The van der Waals surface area contributed by atoms with E-state index >= 15 is 0 Å². The lowest BCUT2D eigenvalue weighted by Gasteiger charge is -2.13. The number of halogens is 1. The summed E-state index contributed by atoms with van der Waals surface area (Å²) in [7, 11) is -3.81. The molecule has 0 fully saturated rings. The second-order valence-electron chi connectivity index (χ2n) is 7.58. The summed E-state index contributed by atoms with van der Waals surface area (Å²) in [5.74, 6) is -0.202. The number of nitrogens with zero attached hydrogens (tertiary/aromatic N) is 1. The Bertz CT molecular complexity index is 1400. The normalized spacial score (nSPS) is 11.4. The van der Waals surface area contributed by atoms with Gasteiger partial charge < -0.3 is 9.88 Å². The van der Waals surface area contributed by atoms with Gasteiger partial charge in [-0.15, -0.1) is 0 Å². The van der Waals surface area contributed by atoms with Crippen molar-refractivity contribution in [3.63, 3.8) is 0 Å². The molecule has 0 aliphatic heterocycles. The Morgan fingerprint density at radius 2 is 1.61 bits per heavy atom. The van der Waals surface area contributed by atoms with Crippen LogP contribution in [0.15, 0.2) is 89.8 Å². The van der Waals surface area contributed by atoms with E-state index in [1.165, 1.54) is 12.1 Å². The van der Waals surface area contributed by atoms with Crippen molar-refractivity contribution in [2.75, 3.05) is 0 Å². The van der Waals surface area contributed by atoms with E-state index in [4.69, 9.17) is 16.7 Å². The van der Waals surface area contributed by atoms with Gasteiger partial charge in [-0.3, -0.25) is 4.79 Å². The highest BCUT2D eigenvalue weighted by molar-refractivity contribution is 7.89. The van der Waals surface area contributed by atoms with Crippen molar-refractivity contribution in [3.05, 3.63) is 107 Å². The SMILES string of the molecule is Cc1c(C(=O)NCc2ccccc2)cc(-c2ccc(Cl)cc2)n1-c1ccc(S(N)(=O)=O)cc1. The number of aromatic nitrogens is 1. The first-order valence-electron chi connectivity index (χ1n) is 10.2. The summed E-state index contributed by atoms with van der Waals surface area (Å²) in [5, 5.41) is 8.81. The maximum absolute atomic E-state index is 13.1. The van der Waals surface area contributed by atoms with E-state index in [9.17, 15) is 13.2 Å². The molecule has 8 heteroatoms. The monoisotopic (exact) mass is 479 g/mol. The first-order chi connectivity index (χ1) is 15.7. The highest BCUT2D eigenvalue weighted by Crippen LogP contribution is 2.31. The molecule has 0 saturated carbocycles. The van der Waals surface area contributed by atoms with Gasteiger partial charge in [-0.1, -0.05) is 54.1 Å². The van der Waals surface area contributed by atoms with Gasteiger partial charge in [0.2, 0.25) is 10.0 Å². The maximum Gasteiger partial charge on any atom is 0.253 e. The average Bonchev–Trinajstić information content (AvgIpc) is 3.15. The van der Waals surface area contributed by atoms with Crippen LogP contribution in [0.5, 0.6) is 0 Å². The molecular formula is C25H22ClN3O3S. The fraction of sp³-hybridized carbons (Fsp3) is 0.0800. The summed E-state index contributed by atoms with van der Waals surface area (Å²) in [6.07, 6.45) is 0. The fourth-order valence-corrected chi connectivity index (χ4v) is 4.30. The lowest BCUT2D eigenvalue weighted by molar-refractivity contribution is 0.0950. The van der Waals surface area contributed by atoms with E-state index in [1.807, 2.05) is 60.0 Å². The van der Waals surface area contributed by atoms with Gasteiger partial charge >= 0.3 is 0 Å². The van der Waals surface area contributed by atoms with Crippen LogP contribution in [-0.2, 0) is 16.6 Å². The molecule has 0 spiro atoms. The molecule has 33 heavy (non-hydrogen) atoms. The number of carbonyl (C=O) groups is 1. The number of hydrogen-bond donors (Lipinski definition) is 2. The molecule has 1 heterocycles. The smallest absolute Gasteiger partial charge is 0.253 e. The topological polar surface area (TPSA) is 94.2 Å². The van der Waals surface area contributed by atoms with Crippen LogP contribution in [0.1, 0.15) is 21.6 Å². The summed E-state index contributed by atoms with van der Waals surface area (Å²) in [5.41, 5.74) is 4.57. The van der Waals surface area contributed by atoms with Crippen molar-refractivity contribution in [1.29, 1.82) is 0 Å². The zero-order chi connectivity index (χ0) is 23.6. The molecule has 3 N–H and O–H groups in total. The van der Waals surface area contributed by atoms with Gasteiger partial charge in [0.25, 0.3) is 5.91 Å². The molecule has 1 amide bonds. The number of benzene rings is 3. The van der Waals surface area contributed by atoms with E-state index in [0.29, 0.717) is 28.5 Å². The van der Waals surface area contributed by atoms with Gasteiger partial charge in [-0.25, -0.2) is 13.6 Å². The molecule has 6 nitrogen and oxygen atoms in total. The van der Waals surface area contributed by atoms with Crippen LogP contribution in [0.25, 0.3) is 16.9 Å². The van der Waals surface area contributed by atoms with E-state index < -0.39 is 10.0 Å². The van der Waals surface area contributed by atoms with Gasteiger partial charge in [0.05, 0.1) is 16.2 Å². The van der Waals surface area contributed by atoms with Gasteiger partial charge in [-0.05, 0) is 60.5 Å². The second-order valence-corrected chi connectivity index (χ2v) is 9.58. The van der Waals surface area contributed by atoms with Gasteiger partial charge in [-0.2, -0.15) is 0 Å². The molecule has 0 saturated heterocycles. The first kappa shape index (κ1) is 22.8. The van der Waals surface area contributed by atoms with E-state index in [-0.39, 0.29) is 10.8 Å². The predicted octanol–water partition coefficient (Wildman–Crippen LogP) is 4.68. The number of nitrogens with two attached hydrogens (primary N) is 1. The Morgan fingerprint density at radius 1 is 0.970 bits per heavy atom. The van der Waals surface area contributed by atoms with Crippen molar-refractivity contribution in [2.24, 2.45) is 5.14 Å². The molecular weight excluding hydrogens is 458 g/mol. The van der Waals surface area contributed by atoms with Crippen molar-refractivity contribution in [3.8, 4) is 16.9 Å². The quantitative estimate of drug-likeness (QED) is 0.420. The molecule has 0 bridgehead atoms.